The molecule has 21 heavy (non-hydrogen) atoms. The fraction of sp³-hybridized carbons (Fsp3) is 0.273. The molecule has 0 aliphatic carbocycles. The number of carbonyl (C=O) groups is 2. The van der Waals surface area contributed by atoms with Crippen LogP contribution in [-0.4, -0.2) is 37.1 Å². The van der Waals surface area contributed by atoms with Crippen LogP contribution in [0.25, 0.3) is 0 Å². The van der Waals surface area contributed by atoms with Crippen molar-refractivity contribution in [1.82, 2.24) is 9.62 Å². The van der Waals surface area contributed by atoms with Crippen molar-refractivity contribution < 1.29 is 18.0 Å². The quantitative estimate of drug-likeness (QED) is 0.565. The number of anilines is 1. The molecule has 10 heteroatoms. The van der Waals surface area contributed by atoms with E-state index in [-0.39, 0.29) is 20.1 Å². The van der Waals surface area contributed by atoms with Gasteiger partial charge in [-0.2, -0.15) is 4.31 Å². The van der Waals surface area contributed by atoms with E-state index >= 15 is 0 Å². The number of halogens is 2. The van der Waals surface area contributed by atoms with E-state index < -0.39 is 34.4 Å². The van der Waals surface area contributed by atoms with Gasteiger partial charge in [-0.05, 0) is 35.0 Å². The maximum atomic E-state index is 12.7. The normalized spacial score (nSPS) is 20.4. The number of rotatable bonds is 2. The van der Waals surface area contributed by atoms with Crippen LogP contribution in [0.2, 0.25) is 5.02 Å². The highest BCUT2D eigenvalue weighted by Gasteiger charge is 2.40. The van der Waals surface area contributed by atoms with Gasteiger partial charge in [0.2, 0.25) is 21.8 Å². The summed E-state index contributed by atoms with van der Waals surface area (Å²) in [4.78, 5) is 22.8. The summed E-state index contributed by atoms with van der Waals surface area (Å²) in [5, 5.41) is 2.21. The van der Waals surface area contributed by atoms with Gasteiger partial charge in [0.05, 0.1) is 15.9 Å². The van der Waals surface area contributed by atoms with Crippen molar-refractivity contribution in [3.8, 4) is 0 Å². The first-order chi connectivity index (χ1) is 9.64. The van der Waals surface area contributed by atoms with Crippen LogP contribution < -0.4 is 11.1 Å². The maximum absolute atomic E-state index is 12.7. The Hall–Kier alpha value is -1.16. The third-order valence-electron chi connectivity index (χ3n) is 2.99. The molecule has 1 aliphatic rings. The minimum atomic E-state index is -4.11. The van der Waals surface area contributed by atoms with E-state index in [0.717, 1.165) is 4.31 Å². The van der Waals surface area contributed by atoms with Gasteiger partial charge in [-0.1, -0.05) is 11.6 Å². The van der Waals surface area contributed by atoms with E-state index in [2.05, 4.69) is 21.2 Å². The molecule has 0 aromatic heterocycles. The molecule has 1 aromatic rings. The molecule has 2 rings (SSSR count). The first kappa shape index (κ1) is 16.2. The van der Waals surface area contributed by atoms with Crippen molar-refractivity contribution in [1.29, 1.82) is 0 Å². The van der Waals surface area contributed by atoms with Crippen LogP contribution >= 0.6 is 27.5 Å². The summed E-state index contributed by atoms with van der Waals surface area (Å²) in [7, 11) is -4.11. The first-order valence-electron chi connectivity index (χ1n) is 5.74. The third-order valence-corrected chi connectivity index (χ3v) is 6.30. The molecule has 7 nitrogen and oxygen atoms in total. The second-order valence-corrected chi connectivity index (χ2v) is 7.53. The molecule has 1 atom stereocenters. The molecule has 114 valence electrons. The van der Waals surface area contributed by atoms with Gasteiger partial charge in [-0.15, -0.1) is 0 Å². The van der Waals surface area contributed by atoms with Gasteiger partial charge < -0.3 is 5.73 Å². The number of imide groups is 1. The zero-order valence-electron chi connectivity index (χ0n) is 10.8. The number of amides is 2. The Balaban J connectivity index is 2.57. The van der Waals surface area contributed by atoms with Gasteiger partial charge in [-0.25, -0.2) is 8.42 Å². The van der Waals surface area contributed by atoms with E-state index in [1.54, 1.807) is 0 Å². The van der Waals surface area contributed by atoms with Gasteiger partial charge in [0.25, 0.3) is 0 Å². The summed E-state index contributed by atoms with van der Waals surface area (Å²) in [5.41, 5.74) is 5.82. The molecular weight excluding hydrogens is 386 g/mol. The van der Waals surface area contributed by atoms with Crippen molar-refractivity contribution >= 4 is 55.1 Å². The van der Waals surface area contributed by atoms with E-state index in [9.17, 15) is 18.0 Å². The van der Waals surface area contributed by atoms with Crippen LogP contribution in [-0.2, 0) is 19.6 Å². The highest BCUT2D eigenvalue weighted by Crippen LogP contribution is 2.34. The van der Waals surface area contributed by atoms with Gasteiger partial charge in [-0.3, -0.25) is 14.9 Å². The Bertz CT molecular complexity index is 737. The van der Waals surface area contributed by atoms with E-state index in [0.29, 0.717) is 0 Å². The molecule has 2 amide bonds. The van der Waals surface area contributed by atoms with Crippen LogP contribution in [0.3, 0.4) is 0 Å². The Kier molecular flexibility index (Phi) is 4.29. The Morgan fingerprint density at radius 3 is 2.67 bits per heavy atom. The average Bonchev–Trinajstić information content (AvgIpc) is 2.37. The molecule has 1 unspecified atom stereocenters. The SMILES string of the molecule is CC1C(=O)NC(=O)CN1S(=O)(=O)c1cc(Cl)cc(N)c1Br. The predicted molar refractivity (Wildman–Crippen MR) is 80.1 cm³/mol. The molecule has 1 aliphatic heterocycles. The van der Waals surface area contributed by atoms with Crippen molar-refractivity contribution in [3.63, 3.8) is 0 Å². The molecule has 0 radical (unpaired) electrons. The second-order valence-electron chi connectivity index (χ2n) is 4.45. The lowest BCUT2D eigenvalue weighted by atomic mass is 10.2. The third kappa shape index (κ3) is 2.91. The van der Waals surface area contributed by atoms with Crippen molar-refractivity contribution in [2.75, 3.05) is 12.3 Å². The minimum absolute atomic E-state index is 0.134. The fourth-order valence-electron chi connectivity index (χ4n) is 1.88. The summed E-state index contributed by atoms with van der Waals surface area (Å²) < 4.78 is 26.3. The summed E-state index contributed by atoms with van der Waals surface area (Å²) in [5.74, 6) is -1.37. The lowest BCUT2D eigenvalue weighted by Gasteiger charge is -2.31. The smallest absolute Gasteiger partial charge is 0.245 e. The van der Waals surface area contributed by atoms with Gasteiger partial charge in [0.1, 0.15) is 6.04 Å². The molecule has 1 heterocycles. The zero-order valence-corrected chi connectivity index (χ0v) is 13.9. The Morgan fingerprint density at radius 2 is 2.05 bits per heavy atom. The van der Waals surface area contributed by atoms with Crippen molar-refractivity contribution in [2.24, 2.45) is 0 Å². The average molecular weight is 397 g/mol. The first-order valence-corrected chi connectivity index (χ1v) is 8.35. The topological polar surface area (TPSA) is 110 Å². The predicted octanol–water partition coefficient (Wildman–Crippen LogP) is 0.720. The number of sulfonamides is 1. The van der Waals surface area contributed by atoms with Crippen LogP contribution in [0.1, 0.15) is 6.92 Å². The van der Waals surface area contributed by atoms with Gasteiger partial charge in [0, 0.05) is 10.7 Å². The largest absolute Gasteiger partial charge is 0.398 e. The van der Waals surface area contributed by atoms with Crippen LogP contribution in [0.5, 0.6) is 0 Å². The monoisotopic (exact) mass is 395 g/mol. The molecule has 0 saturated carbocycles. The van der Waals surface area contributed by atoms with Crippen LogP contribution in [0.15, 0.2) is 21.5 Å². The molecular formula is C11H11BrClN3O4S. The highest BCUT2D eigenvalue weighted by molar-refractivity contribution is 9.10. The molecule has 1 saturated heterocycles. The number of carbonyl (C=O) groups excluding carboxylic acids is 2. The molecule has 3 N–H and O–H groups in total. The van der Waals surface area contributed by atoms with Gasteiger partial charge >= 0.3 is 0 Å². The van der Waals surface area contributed by atoms with Crippen LogP contribution in [0, 0.1) is 0 Å². The summed E-state index contributed by atoms with van der Waals surface area (Å²) >= 11 is 8.92. The van der Waals surface area contributed by atoms with E-state index in [4.69, 9.17) is 17.3 Å². The summed E-state index contributed by atoms with van der Waals surface area (Å²) in [6, 6.07) is 1.59. The summed E-state index contributed by atoms with van der Waals surface area (Å²) in [6.45, 7) is 0.940. The number of piperazine rings is 1. The number of nitrogens with two attached hydrogens (primary N) is 1. The Morgan fingerprint density at radius 1 is 1.43 bits per heavy atom. The van der Waals surface area contributed by atoms with Gasteiger partial charge in [0.15, 0.2) is 0 Å². The number of nitrogens with one attached hydrogen (secondary N) is 1. The molecule has 1 fully saturated rings. The molecule has 0 spiro atoms. The van der Waals surface area contributed by atoms with Crippen LogP contribution in [0.4, 0.5) is 5.69 Å². The standard InChI is InChI=1S/C11H11BrClN3O4S/c1-5-11(18)15-9(17)4-16(5)21(19,20)8-3-6(13)2-7(14)10(8)12/h2-3,5H,4,14H2,1H3,(H,15,17,18). The number of hydrogen-bond acceptors (Lipinski definition) is 5. The number of hydrogen-bond donors (Lipinski definition) is 2. The molecule has 1 aromatic carbocycles. The van der Waals surface area contributed by atoms with E-state index in [1.807, 2.05) is 0 Å². The fourth-order valence-corrected chi connectivity index (χ4v) is 4.69. The number of nitrogen functional groups attached to an aromatic ring is 1. The highest BCUT2D eigenvalue weighted by atomic mass is 79.9. The van der Waals surface area contributed by atoms with E-state index in [1.165, 1.54) is 19.1 Å². The summed E-state index contributed by atoms with van der Waals surface area (Å²) in [6.07, 6.45) is 0. The number of benzene rings is 1. The lowest BCUT2D eigenvalue weighted by Crippen LogP contribution is -2.58. The minimum Gasteiger partial charge on any atom is -0.398 e. The number of nitrogens with zero attached hydrogens (tertiary/aromatic N) is 1. The Labute approximate surface area is 134 Å². The zero-order chi connectivity index (χ0) is 15.9. The van der Waals surface area contributed by atoms with Crippen molar-refractivity contribution in [3.05, 3.63) is 21.6 Å². The lowest BCUT2D eigenvalue weighted by molar-refractivity contribution is -0.136. The molecule has 0 bridgehead atoms. The second kappa shape index (κ2) is 5.56. The maximum Gasteiger partial charge on any atom is 0.245 e. The van der Waals surface area contributed by atoms with Crippen molar-refractivity contribution in [2.45, 2.75) is 17.9 Å².